The number of benzene rings is 1. The van der Waals surface area contributed by atoms with Crippen LogP contribution >= 0.6 is 11.6 Å². The van der Waals surface area contributed by atoms with Crippen LogP contribution in [-0.4, -0.2) is 34.1 Å². The molecule has 0 saturated heterocycles. The molecule has 22 heavy (non-hydrogen) atoms. The number of rotatable bonds is 7. The van der Waals surface area contributed by atoms with Gasteiger partial charge in [0.2, 0.25) is 17.7 Å². The molecule has 0 aliphatic rings. The predicted molar refractivity (Wildman–Crippen MR) is 84.1 cm³/mol. The number of carbonyl (C=O) groups excluding carboxylic acids is 1. The smallest absolute Gasteiger partial charge is 0.247 e. The zero-order chi connectivity index (χ0) is 16.1. The number of hydrogen-bond donors (Lipinski definition) is 1. The molecule has 2 aromatic rings. The lowest BCUT2D eigenvalue weighted by molar-refractivity contribution is -0.119. The maximum atomic E-state index is 11.1. The number of carbonyl (C=O) groups is 1. The van der Waals surface area contributed by atoms with Crippen LogP contribution in [0.25, 0.3) is 11.5 Å². The van der Waals surface area contributed by atoms with E-state index in [0.717, 1.165) is 12.1 Å². The number of primary amides is 1. The van der Waals surface area contributed by atoms with E-state index in [-0.39, 0.29) is 12.5 Å². The standard InChI is InChI=1S/C15H19ClN4O2/c1-10(2)7-20(8-13(17)21)9-14-18-19-15(22-14)11-3-5-12(16)6-4-11/h3-6,10H,7-9H2,1-2H3,(H2,17,21). The van der Waals surface area contributed by atoms with E-state index < -0.39 is 0 Å². The highest BCUT2D eigenvalue weighted by molar-refractivity contribution is 6.30. The number of nitrogens with two attached hydrogens (primary N) is 1. The normalized spacial score (nSPS) is 11.3. The van der Waals surface area contributed by atoms with Crippen molar-refractivity contribution in [1.82, 2.24) is 15.1 Å². The first-order chi connectivity index (χ1) is 10.4. The van der Waals surface area contributed by atoms with Crippen LogP contribution in [0.3, 0.4) is 0 Å². The molecule has 0 aliphatic carbocycles. The molecular formula is C15H19ClN4O2. The lowest BCUT2D eigenvalue weighted by atomic mass is 10.2. The van der Waals surface area contributed by atoms with Crippen LogP contribution in [0.5, 0.6) is 0 Å². The van der Waals surface area contributed by atoms with Crippen molar-refractivity contribution in [3.63, 3.8) is 0 Å². The van der Waals surface area contributed by atoms with Gasteiger partial charge in [0.05, 0.1) is 13.1 Å². The van der Waals surface area contributed by atoms with Crippen molar-refractivity contribution in [1.29, 1.82) is 0 Å². The molecule has 1 amide bonds. The molecule has 2 rings (SSSR count). The molecule has 2 N–H and O–H groups in total. The van der Waals surface area contributed by atoms with Gasteiger partial charge in [-0.05, 0) is 30.2 Å². The molecule has 0 aliphatic heterocycles. The minimum atomic E-state index is -0.377. The molecular weight excluding hydrogens is 304 g/mol. The third-order valence-electron chi connectivity index (χ3n) is 2.92. The van der Waals surface area contributed by atoms with E-state index in [1.165, 1.54) is 0 Å². The van der Waals surface area contributed by atoms with Crippen molar-refractivity contribution in [3.8, 4) is 11.5 Å². The van der Waals surface area contributed by atoms with Gasteiger partial charge < -0.3 is 10.2 Å². The molecule has 0 bridgehead atoms. The Balaban J connectivity index is 2.09. The second kappa shape index (κ2) is 7.38. The largest absolute Gasteiger partial charge is 0.419 e. The maximum Gasteiger partial charge on any atom is 0.247 e. The highest BCUT2D eigenvalue weighted by Gasteiger charge is 2.15. The van der Waals surface area contributed by atoms with Gasteiger partial charge in [0, 0.05) is 17.1 Å². The first-order valence-electron chi connectivity index (χ1n) is 7.03. The lowest BCUT2D eigenvalue weighted by Gasteiger charge is -2.20. The van der Waals surface area contributed by atoms with Gasteiger partial charge in [-0.25, -0.2) is 0 Å². The van der Waals surface area contributed by atoms with Gasteiger partial charge in [0.25, 0.3) is 0 Å². The second-order valence-corrected chi connectivity index (χ2v) is 5.97. The first kappa shape index (κ1) is 16.5. The zero-order valence-electron chi connectivity index (χ0n) is 12.6. The van der Waals surface area contributed by atoms with Crippen molar-refractivity contribution in [3.05, 3.63) is 35.2 Å². The summed E-state index contributed by atoms with van der Waals surface area (Å²) in [6.45, 7) is 5.42. The van der Waals surface area contributed by atoms with E-state index in [2.05, 4.69) is 24.0 Å². The van der Waals surface area contributed by atoms with Crippen molar-refractivity contribution in [2.45, 2.75) is 20.4 Å². The SMILES string of the molecule is CC(C)CN(CC(N)=O)Cc1nnc(-c2ccc(Cl)cc2)o1. The summed E-state index contributed by atoms with van der Waals surface area (Å²) < 4.78 is 5.64. The monoisotopic (exact) mass is 322 g/mol. The summed E-state index contributed by atoms with van der Waals surface area (Å²) in [6.07, 6.45) is 0. The Bertz CT molecular complexity index is 625. The third kappa shape index (κ3) is 4.82. The molecule has 6 nitrogen and oxygen atoms in total. The van der Waals surface area contributed by atoms with Gasteiger partial charge >= 0.3 is 0 Å². The summed E-state index contributed by atoms with van der Waals surface area (Å²) in [7, 11) is 0. The van der Waals surface area contributed by atoms with E-state index in [9.17, 15) is 4.79 Å². The Labute approximate surface area is 134 Å². The lowest BCUT2D eigenvalue weighted by Crippen LogP contribution is -2.35. The molecule has 0 radical (unpaired) electrons. The summed E-state index contributed by atoms with van der Waals surface area (Å²) in [6, 6.07) is 7.15. The maximum absolute atomic E-state index is 11.1. The van der Waals surface area contributed by atoms with E-state index in [1.54, 1.807) is 12.1 Å². The fourth-order valence-electron chi connectivity index (χ4n) is 2.14. The van der Waals surface area contributed by atoms with Gasteiger partial charge in [-0.15, -0.1) is 10.2 Å². The zero-order valence-corrected chi connectivity index (χ0v) is 13.4. The van der Waals surface area contributed by atoms with Crippen LogP contribution in [0.4, 0.5) is 0 Å². The van der Waals surface area contributed by atoms with Gasteiger partial charge in [-0.2, -0.15) is 0 Å². The third-order valence-corrected chi connectivity index (χ3v) is 3.17. The molecule has 1 heterocycles. The van der Waals surface area contributed by atoms with E-state index in [1.807, 2.05) is 17.0 Å². The fourth-order valence-corrected chi connectivity index (χ4v) is 2.27. The van der Waals surface area contributed by atoms with Crippen molar-refractivity contribution < 1.29 is 9.21 Å². The molecule has 0 spiro atoms. The van der Waals surface area contributed by atoms with Crippen LogP contribution in [0, 0.1) is 5.92 Å². The average molecular weight is 323 g/mol. The Hall–Kier alpha value is -1.92. The van der Waals surface area contributed by atoms with Crippen LogP contribution in [0.2, 0.25) is 5.02 Å². The summed E-state index contributed by atoms with van der Waals surface area (Å²) in [5.74, 6) is 0.901. The molecule has 118 valence electrons. The molecule has 0 unspecified atom stereocenters. The number of hydrogen-bond acceptors (Lipinski definition) is 5. The summed E-state index contributed by atoms with van der Waals surface area (Å²) in [5, 5.41) is 8.70. The van der Waals surface area contributed by atoms with E-state index in [4.69, 9.17) is 21.8 Å². The molecule has 0 saturated carbocycles. The van der Waals surface area contributed by atoms with Crippen LogP contribution in [0.15, 0.2) is 28.7 Å². The van der Waals surface area contributed by atoms with Gasteiger partial charge in [-0.3, -0.25) is 9.69 Å². The van der Waals surface area contributed by atoms with Crippen LogP contribution in [0.1, 0.15) is 19.7 Å². The summed E-state index contributed by atoms with van der Waals surface area (Å²) in [5.41, 5.74) is 6.07. The van der Waals surface area contributed by atoms with Crippen LogP contribution < -0.4 is 5.73 Å². The first-order valence-corrected chi connectivity index (χ1v) is 7.41. The van der Waals surface area contributed by atoms with Gasteiger partial charge in [-0.1, -0.05) is 25.4 Å². The predicted octanol–water partition coefficient (Wildman–Crippen LogP) is 2.33. The average Bonchev–Trinajstić information content (AvgIpc) is 2.86. The minimum absolute atomic E-state index is 0.164. The highest BCUT2D eigenvalue weighted by Crippen LogP contribution is 2.20. The number of amides is 1. The summed E-state index contributed by atoms with van der Waals surface area (Å²) >= 11 is 5.85. The highest BCUT2D eigenvalue weighted by atomic mass is 35.5. The topological polar surface area (TPSA) is 85.2 Å². The molecule has 1 aromatic carbocycles. The van der Waals surface area contributed by atoms with Crippen molar-refractivity contribution in [2.75, 3.05) is 13.1 Å². The Kier molecular flexibility index (Phi) is 5.51. The number of halogens is 1. The van der Waals surface area contributed by atoms with Crippen LogP contribution in [-0.2, 0) is 11.3 Å². The van der Waals surface area contributed by atoms with Crippen molar-refractivity contribution >= 4 is 17.5 Å². The minimum Gasteiger partial charge on any atom is -0.419 e. The van der Waals surface area contributed by atoms with E-state index in [0.29, 0.717) is 29.3 Å². The quantitative estimate of drug-likeness (QED) is 0.845. The molecule has 1 aromatic heterocycles. The van der Waals surface area contributed by atoms with E-state index >= 15 is 0 Å². The Morgan fingerprint density at radius 1 is 1.32 bits per heavy atom. The second-order valence-electron chi connectivity index (χ2n) is 5.54. The molecule has 7 heteroatoms. The Morgan fingerprint density at radius 2 is 2.00 bits per heavy atom. The van der Waals surface area contributed by atoms with Gasteiger partial charge in [0.15, 0.2) is 0 Å². The summed E-state index contributed by atoms with van der Waals surface area (Å²) in [4.78, 5) is 13.0. The van der Waals surface area contributed by atoms with Crippen molar-refractivity contribution in [2.24, 2.45) is 11.7 Å². The van der Waals surface area contributed by atoms with Gasteiger partial charge in [0.1, 0.15) is 0 Å². The number of nitrogens with zero attached hydrogens (tertiary/aromatic N) is 3. The number of aromatic nitrogens is 2. The molecule has 0 fully saturated rings. The Morgan fingerprint density at radius 3 is 2.59 bits per heavy atom. The fraction of sp³-hybridized carbons (Fsp3) is 0.400. The molecule has 0 atom stereocenters.